The number of ether oxygens (including phenoxy) is 2. The molecule has 1 aliphatic carbocycles. The highest BCUT2D eigenvalue weighted by atomic mass is 16.5. The number of anilines is 3. The second-order valence-corrected chi connectivity index (χ2v) is 10.9. The summed E-state index contributed by atoms with van der Waals surface area (Å²) in [5.41, 5.74) is 3.10. The smallest absolute Gasteiger partial charge is 0.264 e. The van der Waals surface area contributed by atoms with Gasteiger partial charge in [0.1, 0.15) is 11.8 Å². The molecule has 5 amide bonds. The molecule has 1 saturated heterocycles. The molecular formula is C30H32N4O7. The maximum Gasteiger partial charge on any atom is 0.264 e. The van der Waals surface area contributed by atoms with E-state index in [1.54, 1.807) is 30.1 Å². The van der Waals surface area contributed by atoms with E-state index in [9.17, 15) is 24.0 Å². The minimum atomic E-state index is -1.05. The summed E-state index contributed by atoms with van der Waals surface area (Å²) in [6.07, 6.45) is 4.00. The Morgan fingerprint density at radius 1 is 1.00 bits per heavy atom. The number of fused-ring (bicyclic) bond motifs is 2. The van der Waals surface area contributed by atoms with Crippen LogP contribution >= 0.6 is 0 Å². The van der Waals surface area contributed by atoms with Gasteiger partial charge >= 0.3 is 0 Å². The van der Waals surface area contributed by atoms with Gasteiger partial charge in [-0.1, -0.05) is 6.07 Å². The van der Waals surface area contributed by atoms with Crippen molar-refractivity contribution in [2.75, 3.05) is 30.5 Å². The normalized spacial score (nSPS) is 24.1. The van der Waals surface area contributed by atoms with Crippen LogP contribution in [-0.2, 0) is 19.1 Å². The lowest BCUT2D eigenvalue weighted by atomic mass is 9.81. The van der Waals surface area contributed by atoms with Gasteiger partial charge in [-0.2, -0.15) is 0 Å². The Bertz CT molecular complexity index is 1460. The predicted octanol–water partition coefficient (Wildman–Crippen LogP) is 3.25. The quantitative estimate of drug-likeness (QED) is 0.515. The van der Waals surface area contributed by atoms with Crippen molar-refractivity contribution < 1.29 is 33.4 Å². The van der Waals surface area contributed by atoms with Crippen molar-refractivity contribution in [2.45, 2.75) is 63.5 Å². The average molecular weight is 561 g/mol. The van der Waals surface area contributed by atoms with Crippen LogP contribution in [-0.4, -0.2) is 66.8 Å². The summed E-state index contributed by atoms with van der Waals surface area (Å²) in [5, 5.41) is 5.63. The van der Waals surface area contributed by atoms with E-state index >= 15 is 0 Å². The van der Waals surface area contributed by atoms with Crippen LogP contribution in [0, 0.1) is 0 Å². The first-order valence-corrected chi connectivity index (χ1v) is 14.1. The zero-order chi connectivity index (χ0) is 28.8. The molecule has 0 aromatic heterocycles. The topological polar surface area (TPSA) is 134 Å². The van der Waals surface area contributed by atoms with Crippen molar-refractivity contribution in [1.29, 1.82) is 0 Å². The van der Waals surface area contributed by atoms with Gasteiger partial charge in [0, 0.05) is 25.8 Å². The molecule has 0 unspecified atom stereocenters. The Morgan fingerprint density at radius 3 is 2.51 bits per heavy atom. The summed E-state index contributed by atoms with van der Waals surface area (Å²) in [7, 11) is 1.70. The first-order valence-electron chi connectivity index (χ1n) is 14.1. The molecule has 0 spiro atoms. The van der Waals surface area contributed by atoms with Gasteiger partial charge in [0.25, 0.3) is 17.7 Å². The molecule has 2 N–H and O–H groups in total. The summed E-state index contributed by atoms with van der Waals surface area (Å²) in [4.78, 5) is 66.1. The van der Waals surface area contributed by atoms with E-state index in [1.165, 1.54) is 0 Å². The second-order valence-electron chi connectivity index (χ2n) is 10.9. The van der Waals surface area contributed by atoms with Gasteiger partial charge in [0.05, 0.1) is 28.6 Å². The predicted molar refractivity (Wildman–Crippen MR) is 148 cm³/mol. The molecule has 2 aromatic carbocycles. The Kier molecular flexibility index (Phi) is 6.98. The van der Waals surface area contributed by atoms with Gasteiger partial charge in [-0.25, -0.2) is 0 Å². The Balaban J connectivity index is 1.36. The number of hydrogen-bond donors (Lipinski definition) is 2. The zero-order valence-electron chi connectivity index (χ0n) is 23.0. The van der Waals surface area contributed by atoms with Crippen LogP contribution in [0.1, 0.15) is 77.6 Å². The Morgan fingerprint density at radius 2 is 1.78 bits per heavy atom. The summed E-state index contributed by atoms with van der Waals surface area (Å²) in [6, 6.07) is 7.75. The number of hydrogen-bond acceptors (Lipinski definition) is 8. The maximum absolute atomic E-state index is 13.7. The standard InChI is InChI=1S/C30H32N4O7/c1-3-40-17-9-7-16(8-10-17)19-13-24-23(33(2)26(36)15-41-24)14-21(19)31-20-6-4-5-18-27(20)30(39)34(29(18)38)22-11-12-25(35)32-28(22)37/h4-6,13-14,16-17,22,31H,3,7-12,15H2,1-2H3,(H,32,35,37)/t16?,17?,22-/m0/s1. The largest absolute Gasteiger partial charge is 0.482 e. The number of likely N-dealkylation sites (N-methyl/N-ethyl adjacent to an activating group) is 1. The summed E-state index contributed by atoms with van der Waals surface area (Å²) in [6.45, 7) is 2.64. The minimum absolute atomic E-state index is 0.0359. The molecular weight excluding hydrogens is 528 g/mol. The van der Waals surface area contributed by atoms with Crippen LogP contribution in [0.2, 0.25) is 0 Å². The molecule has 41 heavy (non-hydrogen) atoms. The third-order valence-electron chi connectivity index (χ3n) is 8.47. The number of nitrogens with zero attached hydrogens (tertiary/aromatic N) is 2. The first-order chi connectivity index (χ1) is 19.8. The van der Waals surface area contributed by atoms with Crippen molar-refractivity contribution in [3.05, 3.63) is 47.0 Å². The summed E-state index contributed by atoms with van der Waals surface area (Å²) < 4.78 is 11.6. The number of amides is 5. The van der Waals surface area contributed by atoms with Crippen LogP contribution in [0.3, 0.4) is 0 Å². The van der Waals surface area contributed by atoms with E-state index in [2.05, 4.69) is 10.6 Å². The van der Waals surface area contributed by atoms with Crippen molar-refractivity contribution in [1.82, 2.24) is 10.2 Å². The SMILES string of the molecule is CCOC1CCC(c2cc3c(cc2Nc2cccc4c2C(=O)N([C@H]2CCC(=O)NC2=O)C4=O)N(C)C(=O)CO3)CC1. The first kappa shape index (κ1) is 26.9. The molecule has 0 radical (unpaired) electrons. The fourth-order valence-electron chi connectivity index (χ4n) is 6.32. The van der Waals surface area contributed by atoms with Gasteiger partial charge in [0.15, 0.2) is 6.61 Å². The van der Waals surface area contributed by atoms with E-state index in [4.69, 9.17) is 9.47 Å². The fourth-order valence-corrected chi connectivity index (χ4v) is 6.32. The molecule has 4 aliphatic rings. The molecule has 214 valence electrons. The number of imide groups is 2. The van der Waals surface area contributed by atoms with Gasteiger partial charge in [0.2, 0.25) is 11.8 Å². The molecule has 11 heteroatoms. The molecule has 1 saturated carbocycles. The molecule has 1 atom stereocenters. The second kappa shape index (κ2) is 10.6. The lowest BCUT2D eigenvalue weighted by Crippen LogP contribution is -2.54. The van der Waals surface area contributed by atoms with Crippen molar-refractivity contribution in [3.8, 4) is 5.75 Å². The molecule has 3 heterocycles. The van der Waals surface area contributed by atoms with Crippen molar-refractivity contribution in [2.24, 2.45) is 0 Å². The third kappa shape index (κ3) is 4.73. The van der Waals surface area contributed by atoms with Gasteiger partial charge in [-0.05, 0) is 74.8 Å². The Hall–Kier alpha value is -4.25. The van der Waals surface area contributed by atoms with Gasteiger partial charge < -0.3 is 19.7 Å². The molecule has 0 bridgehead atoms. The van der Waals surface area contributed by atoms with E-state index in [0.717, 1.165) is 36.1 Å². The van der Waals surface area contributed by atoms with E-state index in [-0.39, 0.29) is 48.5 Å². The third-order valence-corrected chi connectivity index (χ3v) is 8.47. The van der Waals surface area contributed by atoms with Crippen LogP contribution < -0.4 is 20.3 Å². The highest BCUT2D eigenvalue weighted by Gasteiger charge is 2.45. The Labute approximate surface area is 237 Å². The number of nitrogens with one attached hydrogen (secondary N) is 2. The number of piperidine rings is 1. The molecule has 2 aromatic rings. The van der Waals surface area contributed by atoms with Crippen molar-refractivity contribution in [3.63, 3.8) is 0 Å². The number of carbonyl (C=O) groups excluding carboxylic acids is 5. The zero-order valence-corrected chi connectivity index (χ0v) is 23.0. The summed E-state index contributed by atoms with van der Waals surface area (Å²) in [5.74, 6) is -1.59. The molecule has 6 rings (SSSR count). The monoisotopic (exact) mass is 560 g/mol. The number of rotatable bonds is 6. The van der Waals surface area contributed by atoms with Crippen LogP contribution in [0.25, 0.3) is 0 Å². The van der Waals surface area contributed by atoms with Crippen molar-refractivity contribution >= 4 is 46.6 Å². The molecule has 3 aliphatic heterocycles. The van der Waals surface area contributed by atoms with E-state index in [1.807, 2.05) is 19.1 Å². The van der Waals surface area contributed by atoms with E-state index < -0.39 is 29.7 Å². The highest BCUT2D eigenvalue weighted by molar-refractivity contribution is 6.25. The molecule has 2 fully saturated rings. The van der Waals surface area contributed by atoms with Gasteiger partial charge in [-0.15, -0.1) is 0 Å². The lowest BCUT2D eigenvalue weighted by molar-refractivity contribution is -0.136. The highest BCUT2D eigenvalue weighted by Crippen LogP contribution is 2.45. The van der Waals surface area contributed by atoms with Crippen LogP contribution in [0.15, 0.2) is 30.3 Å². The minimum Gasteiger partial charge on any atom is -0.482 e. The van der Waals surface area contributed by atoms with Crippen LogP contribution in [0.4, 0.5) is 17.1 Å². The number of benzene rings is 2. The average Bonchev–Trinajstić information content (AvgIpc) is 3.21. The maximum atomic E-state index is 13.7. The lowest BCUT2D eigenvalue weighted by Gasteiger charge is -2.32. The molecule has 11 nitrogen and oxygen atoms in total. The van der Waals surface area contributed by atoms with E-state index in [0.29, 0.717) is 29.4 Å². The fraction of sp³-hybridized carbons (Fsp3) is 0.433. The summed E-state index contributed by atoms with van der Waals surface area (Å²) >= 11 is 0. The van der Waals surface area contributed by atoms with Crippen LogP contribution in [0.5, 0.6) is 5.75 Å². The number of carbonyl (C=O) groups is 5. The van der Waals surface area contributed by atoms with Gasteiger partial charge in [-0.3, -0.25) is 34.2 Å².